The predicted molar refractivity (Wildman–Crippen MR) is 79.7 cm³/mol. The number of hydrogen-bond donors (Lipinski definition) is 2. The van der Waals surface area contributed by atoms with Gasteiger partial charge in [0.05, 0.1) is 5.75 Å². The largest absolute Gasteiger partial charge is 0.458 e. The van der Waals surface area contributed by atoms with Gasteiger partial charge in [0, 0.05) is 4.75 Å². The Morgan fingerprint density at radius 2 is 2.20 bits per heavy atom. The number of aryl methyl sites for hydroxylation is 1. The summed E-state index contributed by atoms with van der Waals surface area (Å²) < 4.78 is 5.48. The SMILES string of the molecule is Cc1ccc(-c2nc(NC(=O)CSC(C)(C)C)n[nH]2)o1. The lowest BCUT2D eigenvalue weighted by atomic mass is 10.3. The molecule has 2 aromatic rings. The molecule has 0 atom stereocenters. The number of rotatable bonds is 4. The summed E-state index contributed by atoms with van der Waals surface area (Å²) in [6.07, 6.45) is 0. The minimum atomic E-state index is -0.119. The van der Waals surface area contributed by atoms with Crippen LogP contribution in [0.2, 0.25) is 0 Å². The van der Waals surface area contributed by atoms with E-state index in [0.29, 0.717) is 17.3 Å². The Morgan fingerprint density at radius 1 is 1.45 bits per heavy atom. The Balaban J connectivity index is 1.94. The van der Waals surface area contributed by atoms with E-state index in [9.17, 15) is 4.79 Å². The maximum Gasteiger partial charge on any atom is 0.249 e. The van der Waals surface area contributed by atoms with Gasteiger partial charge in [0.1, 0.15) is 5.76 Å². The van der Waals surface area contributed by atoms with Crippen molar-refractivity contribution < 1.29 is 9.21 Å². The molecule has 1 amide bonds. The number of aromatic nitrogens is 3. The van der Waals surface area contributed by atoms with E-state index in [1.165, 1.54) is 0 Å². The number of nitrogens with zero attached hydrogens (tertiary/aromatic N) is 2. The monoisotopic (exact) mass is 294 g/mol. The van der Waals surface area contributed by atoms with Crippen LogP contribution in [0.4, 0.5) is 5.95 Å². The molecule has 0 bridgehead atoms. The predicted octanol–water partition coefficient (Wildman–Crippen LogP) is 2.84. The lowest BCUT2D eigenvalue weighted by molar-refractivity contribution is -0.113. The standard InChI is InChI=1S/C13H18N4O2S/c1-8-5-6-9(19-8)11-15-12(17-16-11)14-10(18)7-20-13(2,3)4/h5-6H,7H2,1-4H3,(H2,14,15,16,17,18). The molecule has 20 heavy (non-hydrogen) atoms. The lowest BCUT2D eigenvalue weighted by Crippen LogP contribution is -2.19. The van der Waals surface area contributed by atoms with E-state index in [-0.39, 0.29) is 16.6 Å². The highest BCUT2D eigenvalue weighted by atomic mass is 32.2. The number of thioether (sulfide) groups is 1. The molecule has 0 radical (unpaired) electrons. The second-order valence-corrected chi connectivity index (χ2v) is 7.17. The van der Waals surface area contributed by atoms with E-state index in [0.717, 1.165) is 5.76 Å². The van der Waals surface area contributed by atoms with Gasteiger partial charge < -0.3 is 4.42 Å². The van der Waals surface area contributed by atoms with E-state index < -0.39 is 0 Å². The molecule has 2 rings (SSSR count). The molecule has 0 fully saturated rings. The fourth-order valence-electron chi connectivity index (χ4n) is 1.43. The van der Waals surface area contributed by atoms with Crippen LogP contribution in [0, 0.1) is 6.92 Å². The van der Waals surface area contributed by atoms with E-state index >= 15 is 0 Å². The zero-order valence-electron chi connectivity index (χ0n) is 12.0. The molecule has 108 valence electrons. The third kappa shape index (κ3) is 4.12. The summed E-state index contributed by atoms with van der Waals surface area (Å²) in [5.41, 5.74) is 0. The maximum atomic E-state index is 11.8. The van der Waals surface area contributed by atoms with Crippen molar-refractivity contribution in [1.82, 2.24) is 15.2 Å². The Labute approximate surface area is 121 Å². The van der Waals surface area contributed by atoms with Gasteiger partial charge in [-0.15, -0.1) is 16.9 Å². The molecule has 7 heteroatoms. The van der Waals surface area contributed by atoms with Crippen LogP contribution in [0.5, 0.6) is 0 Å². The molecule has 2 N–H and O–H groups in total. The molecule has 2 aromatic heterocycles. The van der Waals surface area contributed by atoms with Gasteiger partial charge in [-0.2, -0.15) is 4.98 Å². The molecule has 0 aliphatic carbocycles. The fourth-order valence-corrected chi connectivity index (χ4v) is 2.07. The molecule has 0 aliphatic heterocycles. The average Bonchev–Trinajstić information content (AvgIpc) is 2.94. The summed E-state index contributed by atoms with van der Waals surface area (Å²) in [5, 5.41) is 9.34. The number of carbonyl (C=O) groups excluding carboxylic acids is 1. The van der Waals surface area contributed by atoms with Crippen LogP contribution < -0.4 is 5.32 Å². The molecule has 2 heterocycles. The number of aromatic amines is 1. The molecule has 0 saturated carbocycles. The highest BCUT2D eigenvalue weighted by Crippen LogP contribution is 2.23. The van der Waals surface area contributed by atoms with Crippen molar-refractivity contribution >= 4 is 23.6 Å². The summed E-state index contributed by atoms with van der Waals surface area (Å²) in [7, 11) is 0. The van der Waals surface area contributed by atoms with Crippen molar-refractivity contribution in [1.29, 1.82) is 0 Å². The Kier molecular flexibility index (Phi) is 4.17. The van der Waals surface area contributed by atoms with E-state index in [2.05, 4.69) is 41.3 Å². The quantitative estimate of drug-likeness (QED) is 0.906. The first-order valence-electron chi connectivity index (χ1n) is 6.26. The number of amides is 1. The van der Waals surface area contributed by atoms with Crippen molar-refractivity contribution in [2.45, 2.75) is 32.4 Å². The van der Waals surface area contributed by atoms with Gasteiger partial charge in [-0.25, -0.2) is 0 Å². The van der Waals surface area contributed by atoms with Gasteiger partial charge in [-0.05, 0) is 19.1 Å². The van der Waals surface area contributed by atoms with Gasteiger partial charge in [-0.1, -0.05) is 20.8 Å². The normalized spacial score (nSPS) is 11.6. The third-order valence-corrected chi connectivity index (χ3v) is 3.62. The molecule has 0 aromatic carbocycles. The van der Waals surface area contributed by atoms with Crippen LogP contribution in [0.3, 0.4) is 0 Å². The van der Waals surface area contributed by atoms with Gasteiger partial charge in [-0.3, -0.25) is 15.2 Å². The first kappa shape index (κ1) is 14.6. The van der Waals surface area contributed by atoms with Crippen molar-refractivity contribution in [2.24, 2.45) is 0 Å². The number of furan rings is 1. The molecule has 0 saturated heterocycles. The molecule has 0 spiro atoms. The van der Waals surface area contributed by atoms with Gasteiger partial charge in [0.25, 0.3) is 0 Å². The number of anilines is 1. The van der Waals surface area contributed by atoms with Crippen molar-refractivity contribution in [3.63, 3.8) is 0 Å². The van der Waals surface area contributed by atoms with Crippen molar-refractivity contribution in [3.05, 3.63) is 17.9 Å². The van der Waals surface area contributed by atoms with Gasteiger partial charge >= 0.3 is 0 Å². The van der Waals surface area contributed by atoms with Crippen LogP contribution in [0.1, 0.15) is 26.5 Å². The van der Waals surface area contributed by atoms with Crippen LogP contribution in [0.25, 0.3) is 11.6 Å². The Bertz CT molecular complexity index is 598. The number of nitrogens with one attached hydrogen (secondary N) is 2. The average molecular weight is 294 g/mol. The summed E-state index contributed by atoms with van der Waals surface area (Å²) in [6, 6.07) is 3.65. The molecule has 0 unspecified atom stereocenters. The number of carbonyl (C=O) groups is 1. The fraction of sp³-hybridized carbons (Fsp3) is 0.462. The summed E-state index contributed by atoms with van der Waals surface area (Å²) in [6.45, 7) is 8.05. The van der Waals surface area contributed by atoms with Crippen LogP contribution in [0.15, 0.2) is 16.5 Å². The first-order valence-corrected chi connectivity index (χ1v) is 7.25. The minimum absolute atomic E-state index is 0.0488. The maximum absolute atomic E-state index is 11.8. The summed E-state index contributed by atoms with van der Waals surface area (Å²) in [4.78, 5) is 15.9. The molecular weight excluding hydrogens is 276 g/mol. The molecular formula is C13H18N4O2S. The van der Waals surface area contributed by atoms with Crippen molar-refractivity contribution in [2.75, 3.05) is 11.1 Å². The van der Waals surface area contributed by atoms with Crippen LogP contribution in [-0.4, -0.2) is 31.6 Å². The number of hydrogen-bond acceptors (Lipinski definition) is 5. The van der Waals surface area contributed by atoms with Crippen molar-refractivity contribution in [3.8, 4) is 11.6 Å². The topological polar surface area (TPSA) is 83.8 Å². The minimum Gasteiger partial charge on any atom is -0.458 e. The van der Waals surface area contributed by atoms with E-state index in [1.807, 2.05) is 13.0 Å². The second kappa shape index (κ2) is 5.70. The highest BCUT2D eigenvalue weighted by molar-refractivity contribution is 8.01. The first-order chi connectivity index (χ1) is 9.33. The van der Waals surface area contributed by atoms with E-state index in [4.69, 9.17) is 4.42 Å². The summed E-state index contributed by atoms with van der Waals surface area (Å²) >= 11 is 1.57. The second-order valence-electron chi connectivity index (χ2n) is 5.37. The Morgan fingerprint density at radius 3 is 2.80 bits per heavy atom. The zero-order chi connectivity index (χ0) is 14.8. The van der Waals surface area contributed by atoms with Gasteiger partial charge in [0.15, 0.2) is 11.6 Å². The van der Waals surface area contributed by atoms with Crippen LogP contribution in [-0.2, 0) is 4.79 Å². The number of H-pyrrole nitrogens is 1. The smallest absolute Gasteiger partial charge is 0.249 e. The zero-order valence-corrected chi connectivity index (χ0v) is 12.8. The Hall–Kier alpha value is -1.76. The lowest BCUT2D eigenvalue weighted by Gasteiger charge is -2.16. The highest BCUT2D eigenvalue weighted by Gasteiger charge is 2.15. The molecule has 0 aliphatic rings. The third-order valence-electron chi connectivity index (χ3n) is 2.35. The summed E-state index contributed by atoms with van der Waals surface area (Å²) in [5.74, 6) is 2.40. The van der Waals surface area contributed by atoms with Crippen LogP contribution >= 0.6 is 11.8 Å². The van der Waals surface area contributed by atoms with Gasteiger partial charge in [0.2, 0.25) is 11.9 Å². The molecule has 6 nitrogen and oxygen atoms in total. The van der Waals surface area contributed by atoms with E-state index in [1.54, 1.807) is 17.8 Å².